The van der Waals surface area contributed by atoms with Crippen LogP contribution in [0.25, 0.3) is 0 Å². The average molecular weight is 307 g/mol. The standard InChI is InChI=1S/C17H16F3NO/c18-17(19,20)22-15-10-8-14(9-11-15)21-12-4-7-16(21)13-5-2-1-3-6-13/h1-3,5-6,8-11,16H,4,7,12H2. The van der Waals surface area contributed by atoms with Gasteiger partial charge in [-0.1, -0.05) is 30.3 Å². The first-order valence-corrected chi connectivity index (χ1v) is 7.20. The molecule has 0 aromatic heterocycles. The third-order valence-electron chi connectivity index (χ3n) is 3.84. The zero-order valence-electron chi connectivity index (χ0n) is 11.9. The van der Waals surface area contributed by atoms with Crippen molar-refractivity contribution >= 4 is 5.69 Å². The lowest BCUT2D eigenvalue weighted by Crippen LogP contribution is -2.22. The summed E-state index contributed by atoms with van der Waals surface area (Å²) < 4.78 is 40.5. The predicted molar refractivity (Wildman–Crippen MR) is 78.9 cm³/mol. The van der Waals surface area contributed by atoms with E-state index in [1.54, 1.807) is 12.1 Å². The van der Waals surface area contributed by atoms with Gasteiger partial charge in [-0.05, 0) is 42.7 Å². The topological polar surface area (TPSA) is 12.5 Å². The second-order valence-corrected chi connectivity index (χ2v) is 5.30. The van der Waals surface area contributed by atoms with Crippen molar-refractivity contribution in [2.24, 2.45) is 0 Å². The summed E-state index contributed by atoms with van der Waals surface area (Å²) in [6.45, 7) is 0.902. The van der Waals surface area contributed by atoms with E-state index in [1.807, 2.05) is 18.2 Å². The van der Waals surface area contributed by atoms with Gasteiger partial charge in [0.1, 0.15) is 5.75 Å². The number of alkyl halides is 3. The third kappa shape index (κ3) is 3.35. The van der Waals surface area contributed by atoms with Crippen LogP contribution in [0.15, 0.2) is 54.6 Å². The Morgan fingerprint density at radius 1 is 0.955 bits per heavy atom. The Labute approximate surface area is 127 Å². The fourth-order valence-electron chi connectivity index (χ4n) is 2.94. The van der Waals surface area contributed by atoms with Crippen LogP contribution in [0.3, 0.4) is 0 Å². The van der Waals surface area contributed by atoms with Crippen LogP contribution in [0.2, 0.25) is 0 Å². The Morgan fingerprint density at radius 3 is 2.27 bits per heavy atom. The molecule has 1 saturated heterocycles. The van der Waals surface area contributed by atoms with Gasteiger partial charge in [0.25, 0.3) is 0 Å². The maximum atomic E-state index is 12.2. The molecule has 1 unspecified atom stereocenters. The molecule has 2 aromatic carbocycles. The van der Waals surface area contributed by atoms with E-state index in [2.05, 4.69) is 21.8 Å². The second kappa shape index (κ2) is 5.91. The number of hydrogen-bond donors (Lipinski definition) is 0. The van der Waals surface area contributed by atoms with Crippen LogP contribution in [-0.4, -0.2) is 12.9 Å². The van der Waals surface area contributed by atoms with Gasteiger partial charge in [0.05, 0.1) is 6.04 Å². The first-order valence-electron chi connectivity index (χ1n) is 7.20. The number of hydrogen-bond acceptors (Lipinski definition) is 2. The summed E-state index contributed by atoms with van der Waals surface area (Å²) in [7, 11) is 0. The Balaban J connectivity index is 1.78. The molecule has 0 N–H and O–H groups in total. The van der Waals surface area contributed by atoms with Crippen LogP contribution in [0.1, 0.15) is 24.4 Å². The highest BCUT2D eigenvalue weighted by Crippen LogP contribution is 2.36. The van der Waals surface area contributed by atoms with E-state index in [9.17, 15) is 13.2 Å². The molecule has 0 spiro atoms. The van der Waals surface area contributed by atoms with Crippen molar-refractivity contribution in [3.8, 4) is 5.75 Å². The Hall–Kier alpha value is -2.17. The number of ether oxygens (including phenoxy) is 1. The van der Waals surface area contributed by atoms with E-state index in [1.165, 1.54) is 17.7 Å². The SMILES string of the molecule is FC(F)(F)Oc1ccc(N2CCCC2c2ccccc2)cc1. The molecule has 0 bridgehead atoms. The molecule has 5 heteroatoms. The van der Waals surface area contributed by atoms with Gasteiger partial charge in [-0.15, -0.1) is 13.2 Å². The first-order chi connectivity index (χ1) is 10.5. The highest BCUT2D eigenvalue weighted by atomic mass is 19.4. The van der Waals surface area contributed by atoms with Crippen LogP contribution in [0.4, 0.5) is 18.9 Å². The molecule has 22 heavy (non-hydrogen) atoms. The van der Waals surface area contributed by atoms with Gasteiger partial charge in [-0.25, -0.2) is 0 Å². The molecule has 1 atom stereocenters. The van der Waals surface area contributed by atoms with E-state index in [0.29, 0.717) is 0 Å². The maximum absolute atomic E-state index is 12.2. The fourth-order valence-corrected chi connectivity index (χ4v) is 2.94. The van der Waals surface area contributed by atoms with Gasteiger partial charge >= 0.3 is 6.36 Å². The van der Waals surface area contributed by atoms with Crippen molar-refractivity contribution in [3.05, 3.63) is 60.2 Å². The van der Waals surface area contributed by atoms with Crippen LogP contribution < -0.4 is 9.64 Å². The van der Waals surface area contributed by atoms with Crippen molar-refractivity contribution in [2.45, 2.75) is 25.2 Å². The normalized spacial score (nSPS) is 18.5. The summed E-state index contributed by atoms with van der Waals surface area (Å²) in [5.41, 5.74) is 2.15. The van der Waals surface area contributed by atoms with Gasteiger partial charge in [0.15, 0.2) is 0 Å². The van der Waals surface area contributed by atoms with Crippen LogP contribution >= 0.6 is 0 Å². The molecule has 1 heterocycles. The van der Waals surface area contributed by atoms with Gasteiger partial charge in [0.2, 0.25) is 0 Å². The van der Waals surface area contributed by atoms with E-state index < -0.39 is 6.36 Å². The lowest BCUT2D eigenvalue weighted by atomic mass is 10.0. The fraction of sp³-hybridized carbons (Fsp3) is 0.294. The monoisotopic (exact) mass is 307 g/mol. The minimum atomic E-state index is -4.65. The first kappa shape index (κ1) is 14.8. The smallest absolute Gasteiger partial charge is 0.406 e. The molecular formula is C17H16F3NO. The van der Waals surface area contributed by atoms with Crippen LogP contribution in [0, 0.1) is 0 Å². The second-order valence-electron chi connectivity index (χ2n) is 5.30. The molecule has 1 aliphatic heterocycles. The van der Waals surface area contributed by atoms with Crippen LogP contribution in [0.5, 0.6) is 5.75 Å². The molecule has 2 aromatic rings. The molecule has 0 saturated carbocycles. The van der Waals surface area contributed by atoms with E-state index in [-0.39, 0.29) is 11.8 Å². The molecule has 0 amide bonds. The summed E-state index contributed by atoms with van der Waals surface area (Å²) in [4.78, 5) is 2.23. The summed E-state index contributed by atoms with van der Waals surface area (Å²) in [5, 5.41) is 0. The minimum Gasteiger partial charge on any atom is -0.406 e. The third-order valence-corrected chi connectivity index (χ3v) is 3.84. The average Bonchev–Trinajstić information content (AvgIpc) is 2.97. The molecule has 3 rings (SSSR count). The molecule has 116 valence electrons. The van der Waals surface area contributed by atoms with E-state index >= 15 is 0 Å². The number of anilines is 1. The zero-order chi connectivity index (χ0) is 15.6. The number of benzene rings is 2. The lowest BCUT2D eigenvalue weighted by Gasteiger charge is -2.27. The number of rotatable bonds is 3. The quantitative estimate of drug-likeness (QED) is 0.797. The summed E-state index contributed by atoms with van der Waals surface area (Å²) in [6.07, 6.45) is -2.53. The highest BCUT2D eigenvalue weighted by Gasteiger charge is 2.31. The molecule has 0 aliphatic carbocycles. The molecule has 2 nitrogen and oxygen atoms in total. The summed E-state index contributed by atoms with van der Waals surface area (Å²) in [5.74, 6) is -0.188. The van der Waals surface area contributed by atoms with Crippen molar-refractivity contribution in [3.63, 3.8) is 0 Å². The van der Waals surface area contributed by atoms with Crippen molar-refractivity contribution < 1.29 is 17.9 Å². The Bertz CT molecular complexity index is 610. The van der Waals surface area contributed by atoms with Gasteiger partial charge in [-0.2, -0.15) is 0 Å². The van der Waals surface area contributed by atoms with Gasteiger partial charge < -0.3 is 9.64 Å². The van der Waals surface area contributed by atoms with Crippen molar-refractivity contribution in [1.82, 2.24) is 0 Å². The predicted octanol–water partition coefficient (Wildman–Crippen LogP) is 4.93. The number of halogens is 3. The zero-order valence-corrected chi connectivity index (χ0v) is 11.9. The molecule has 1 aliphatic rings. The Morgan fingerprint density at radius 2 is 1.64 bits per heavy atom. The van der Waals surface area contributed by atoms with E-state index in [0.717, 1.165) is 25.1 Å². The molecule has 1 fully saturated rings. The maximum Gasteiger partial charge on any atom is 0.573 e. The Kier molecular flexibility index (Phi) is 3.96. The van der Waals surface area contributed by atoms with E-state index in [4.69, 9.17) is 0 Å². The minimum absolute atomic E-state index is 0.188. The largest absolute Gasteiger partial charge is 0.573 e. The molecule has 0 radical (unpaired) electrons. The lowest BCUT2D eigenvalue weighted by molar-refractivity contribution is -0.274. The van der Waals surface area contributed by atoms with Gasteiger partial charge in [0, 0.05) is 12.2 Å². The number of nitrogens with zero attached hydrogens (tertiary/aromatic N) is 1. The van der Waals surface area contributed by atoms with Gasteiger partial charge in [-0.3, -0.25) is 0 Å². The van der Waals surface area contributed by atoms with Crippen molar-refractivity contribution in [2.75, 3.05) is 11.4 Å². The highest BCUT2D eigenvalue weighted by molar-refractivity contribution is 5.52. The molecular weight excluding hydrogens is 291 g/mol. The van der Waals surface area contributed by atoms with Crippen molar-refractivity contribution in [1.29, 1.82) is 0 Å². The van der Waals surface area contributed by atoms with Crippen LogP contribution in [-0.2, 0) is 0 Å². The summed E-state index contributed by atoms with van der Waals surface area (Å²) in [6, 6.07) is 16.5. The summed E-state index contributed by atoms with van der Waals surface area (Å²) >= 11 is 0.